The van der Waals surface area contributed by atoms with Gasteiger partial charge in [0.05, 0.1) is 11.1 Å². The van der Waals surface area contributed by atoms with E-state index in [0.717, 1.165) is 32.5 Å². The molecule has 1 aromatic rings. The summed E-state index contributed by atoms with van der Waals surface area (Å²) in [5, 5.41) is 10.1. The van der Waals surface area contributed by atoms with Gasteiger partial charge in [-0.15, -0.1) is 0 Å². The molecule has 0 unspecified atom stereocenters. The fraction of sp³-hybridized carbons (Fsp3) is 0.579. The second-order valence-electron chi connectivity index (χ2n) is 6.81. The van der Waals surface area contributed by atoms with E-state index in [1.165, 1.54) is 0 Å². The summed E-state index contributed by atoms with van der Waals surface area (Å²) < 4.78 is 5.73. The number of amides is 1. The van der Waals surface area contributed by atoms with E-state index in [0.29, 0.717) is 43.3 Å². The molecule has 3 rings (SSSR count). The molecule has 134 valence electrons. The number of carbonyl (C=O) groups excluding carboxylic acids is 1. The van der Waals surface area contributed by atoms with E-state index in [4.69, 9.17) is 16.3 Å². The lowest BCUT2D eigenvalue weighted by atomic mass is 9.86. The topological polar surface area (TPSA) is 56.6 Å². The molecule has 0 aromatic heterocycles. The quantitative estimate of drug-likeness (QED) is 0.809. The van der Waals surface area contributed by atoms with Crippen LogP contribution in [0.25, 0.3) is 0 Å². The summed E-state index contributed by atoms with van der Waals surface area (Å²) in [6.07, 6.45) is 3.40. The molecule has 1 aliphatic carbocycles. The van der Waals surface area contributed by atoms with E-state index < -0.39 is 5.41 Å². The number of benzene rings is 1. The minimum atomic E-state index is -0.755. The second kappa shape index (κ2) is 8.07. The molecular weight excluding hydrogens is 338 g/mol. The summed E-state index contributed by atoms with van der Waals surface area (Å²) in [5.41, 5.74) is -0.755. The minimum Gasteiger partial charge on any atom is -0.491 e. The normalized spacial score (nSPS) is 20.2. The van der Waals surface area contributed by atoms with Gasteiger partial charge < -0.3 is 9.64 Å². The Bertz CT molecular complexity index is 644. The van der Waals surface area contributed by atoms with Gasteiger partial charge in [0, 0.05) is 32.7 Å². The van der Waals surface area contributed by atoms with Gasteiger partial charge in [0.2, 0.25) is 5.91 Å². The van der Waals surface area contributed by atoms with Crippen molar-refractivity contribution < 1.29 is 9.53 Å². The minimum absolute atomic E-state index is 0.0412. The molecule has 1 saturated carbocycles. The van der Waals surface area contributed by atoms with Gasteiger partial charge in [-0.2, -0.15) is 5.26 Å². The zero-order valence-electron chi connectivity index (χ0n) is 14.4. The molecule has 5 nitrogen and oxygen atoms in total. The number of rotatable bonds is 5. The lowest BCUT2D eigenvalue weighted by molar-refractivity contribution is -0.140. The van der Waals surface area contributed by atoms with Crippen LogP contribution in [0, 0.1) is 16.7 Å². The van der Waals surface area contributed by atoms with Crippen molar-refractivity contribution in [2.45, 2.75) is 25.7 Å². The molecule has 1 aromatic carbocycles. The summed E-state index contributed by atoms with van der Waals surface area (Å²) >= 11 is 6.08. The summed E-state index contributed by atoms with van der Waals surface area (Å²) in [6, 6.07) is 9.77. The Kier molecular flexibility index (Phi) is 5.82. The van der Waals surface area contributed by atoms with Crippen molar-refractivity contribution in [1.29, 1.82) is 5.26 Å². The van der Waals surface area contributed by atoms with Gasteiger partial charge in [-0.25, -0.2) is 0 Å². The SMILES string of the molecule is N#CC1(C(=O)N2CCN(CCOc3ccccc3Cl)CC2)CCCC1. The van der Waals surface area contributed by atoms with Crippen LogP contribution in [0.2, 0.25) is 5.02 Å². The third-order valence-electron chi connectivity index (χ3n) is 5.24. The van der Waals surface area contributed by atoms with Crippen LogP contribution >= 0.6 is 11.6 Å². The van der Waals surface area contributed by atoms with Crippen LogP contribution < -0.4 is 4.74 Å². The summed E-state index contributed by atoms with van der Waals surface area (Å²) in [5.74, 6) is 0.745. The fourth-order valence-corrected chi connectivity index (χ4v) is 3.87. The van der Waals surface area contributed by atoms with Crippen LogP contribution in [0.1, 0.15) is 25.7 Å². The Morgan fingerprint density at radius 3 is 2.52 bits per heavy atom. The highest BCUT2D eigenvalue weighted by Gasteiger charge is 2.44. The lowest BCUT2D eigenvalue weighted by Gasteiger charge is -2.37. The maximum Gasteiger partial charge on any atom is 0.243 e. The number of piperazine rings is 1. The van der Waals surface area contributed by atoms with Crippen LogP contribution in [0.4, 0.5) is 0 Å². The average molecular weight is 362 g/mol. The van der Waals surface area contributed by atoms with Crippen LogP contribution in [0.5, 0.6) is 5.75 Å². The average Bonchev–Trinajstić information content (AvgIpc) is 3.14. The first kappa shape index (κ1) is 18.0. The number of nitriles is 1. The molecule has 1 amide bonds. The maximum atomic E-state index is 12.7. The highest BCUT2D eigenvalue weighted by Crippen LogP contribution is 2.39. The number of nitrogens with zero attached hydrogens (tertiary/aromatic N) is 3. The summed E-state index contributed by atoms with van der Waals surface area (Å²) in [6.45, 7) is 4.39. The highest BCUT2D eigenvalue weighted by molar-refractivity contribution is 6.32. The number of hydrogen-bond acceptors (Lipinski definition) is 4. The smallest absolute Gasteiger partial charge is 0.243 e. The Morgan fingerprint density at radius 2 is 1.88 bits per heavy atom. The van der Waals surface area contributed by atoms with Crippen LogP contribution in [0.15, 0.2) is 24.3 Å². The molecule has 0 radical (unpaired) electrons. The van der Waals surface area contributed by atoms with Crippen molar-refractivity contribution in [1.82, 2.24) is 9.80 Å². The van der Waals surface area contributed by atoms with Gasteiger partial charge in [0.15, 0.2) is 0 Å². The monoisotopic (exact) mass is 361 g/mol. The van der Waals surface area contributed by atoms with Crippen molar-refractivity contribution in [3.63, 3.8) is 0 Å². The molecule has 0 N–H and O–H groups in total. The van der Waals surface area contributed by atoms with Gasteiger partial charge >= 0.3 is 0 Å². The standard InChI is InChI=1S/C19H24ClN3O2/c20-16-5-1-2-6-17(16)25-14-13-22-9-11-23(12-10-22)18(24)19(15-21)7-3-4-8-19/h1-2,5-6H,3-4,7-14H2. The number of para-hydroxylation sites is 1. The van der Waals surface area contributed by atoms with Gasteiger partial charge in [0.1, 0.15) is 17.8 Å². The van der Waals surface area contributed by atoms with Crippen molar-refractivity contribution in [2.24, 2.45) is 5.41 Å². The molecular formula is C19H24ClN3O2. The Balaban J connectivity index is 1.44. The third kappa shape index (κ3) is 4.08. The highest BCUT2D eigenvalue weighted by atomic mass is 35.5. The zero-order chi connectivity index (χ0) is 17.7. The second-order valence-corrected chi connectivity index (χ2v) is 7.22. The molecule has 0 spiro atoms. The van der Waals surface area contributed by atoms with Gasteiger partial charge in [-0.3, -0.25) is 9.69 Å². The third-order valence-corrected chi connectivity index (χ3v) is 5.55. The first-order valence-corrected chi connectivity index (χ1v) is 9.33. The largest absolute Gasteiger partial charge is 0.491 e. The lowest BCUT2D eigenvalue weighted by Crippen LogP contribution is -2.53. The van der Waals surface area contributed by atoms with Crippen LogP contribution in [-0.2, 0) is 4.79 Å². The van der Waals surface area contributed by atoms with E-state index in [-0.39, 0.29) is 5.91 Å². The molecule has 1 saturated heterocycles. The number of hydrogen-bond donors (Lipinski definition) is 0. The molecule has 0 bridgehead atoms. The Hall–Kier alpha value is -1.77. The summed E-state index contributed by atoms with van der Waals surface area (Å²) in [4.78, 5) is 16.9. The van der Waals surface area contributed by atoms with E-state index in [1.54, 1.807) is 0 Å². The van der Waals surface area contributed by atoms with Crippen molar-refractivity contribution >= 4 is 17.5 Å². The van der Waals surface area contributed by atoms with Gasteiger partial charge in [0.25, 0.3) is 0 Å². The zero-order valence-corrected chi connectivity index (χ0v) is 15.2. The first-order valence-electron chi connectivity index (χ1n) is 8.95. The van der Waals surface area contributed by atoms with E-state index in [1.807, 2.05) is 29.2 Å². The molecule has 1 aliphatic heterocycles. The first-order chi connectivity index (χ1) is 12.1. The Morgan fingerprint density at radius 1 is 1.20 bits per heavy atom. The molecule has 0 atom stereocenters. The van der Waals surface area contributed by atoms with E-state index >= 15 is 0 Å². The molecule has 1 heterocycles. The van der Waals surface area contributed by atoms with E-state index in [9.17, 15) is 10.1 Å². The summed E-state index contributed by atoms with van der Waals surface area (Å²) in [7, 11) is 0. The molecule has 2 aliphatic rings. The number of ether oxygens (including phenoxy) is 1. The van der Waals surface area contributed by atoms with E-state index in [2.05, 4.69) is 11.0 Å². The van der Waals surface area contributed by atoms with Crippen molar-refractivity contribution in [3.8, 4) is 11.8 Å². The maximum absolute atomic E-state index is 12.7. The van der Waals surface area contributed by atoms with Gasteiger partial charge in [-0.05, 0) is 25.0 Å². The number of halogens is 1. The predicted molar refractivity (Wildman–Crippen MR) is 96.5 cm³/mol. The molecule has 6 heteroatoms. The van der Waals surface area contributed by atoms with Crippen molar-refractivity contribution in [3.05, 3.63) is 29.3 Å². The predicted octanol–water partition coefficient (Wildman–Crippen LogP) is 2.95. The fourth-order valence-electron chi connectivity index (χ4n) is 3.68. The number of carbonyl (C=O) groups is 1. The Labute approximate surface area is 154 Å². The van der Waals surface area contributed by atoms with Crippen molar-refractivity contribution in [2.75, 3.05) is 39.3 Å². The molecule has 2 fully saturated rings. The van der Waals surface area contributed by atoms with Crippen LogP contribution in [-0.4, -0.2) is 55.0 Å². The van der Waals surface area contributed by atoms with Crippen LogP contribution in [0.3, 0.4) is 0 Å². The van der Waals surface area contributed by atoms with Gasteiger partial charge in [-0.1, -0.05) is 36.6 Å². The molecule has 25 heavy (non-hydrogen) atoms.